The number of ether oxygens (including phenoxy) is 2. The molecule has 0 saturated heterocycles. The van der Waals surface area contributed by atoms with Crippen LogP contribution >= 0.6 is 0 Å². The van der Waals surface area contributed by atoms with Crippen LogP contribution in [0.1, 0.15) is 26.7 Å². The fourth-order valence-electron chi connectivity index (χ4n) is 2.35. The molecule has 4 heteroatoms. The summed E-state index contributed by atoms with van der Waals surface area (Å²) in [7, 11) is 0. The molecule has 20 heavy (non-hydrogen) atoms. The second-order valence-corrected chi connectivity index (χ2v) is 5.13. The fourth-order valence-corrected chi connectivity index (χ4v) is 2.35. The minimum atomic E-state index is 0.134. The summed E-state index contributed by atoms with van der Waals surface area (Å²) in [6.45, 7) is 4.15. The molecule has 0 N–H and O–H groups in total. The molecule has 0 bridgehead atoms. The summed E-state index contributed by atoms with van der Waals surface area (Å²) in [5.41, 5.74) is 1.48. The summed E-state index contributed by atoms with van der Waals surface area (Å²) < 4.78 is 12.0. The lowest BCUT2D eigenvalue weighted by molar-refractivity contribution is 0.157. The lowest BCUT2D eigenvalue weighted by Gasteiger charge is -2.23. The van der Waals surface area contributed by atoms with Gasteiger partial charge in [0.15, 0.2) is 0 Å². The Morgan fingerprint density at radius 1 is 0.850 bits per heavy atom. The van der Waals surface area contributed by atoms with Gasteiger partial charge in [0.1, 0.15) is 22.9 Å². The molecule has 104 valence electrons. The average molecular weight is 270 g/mol. The molecule has 0 saturated carbocycles. The first-order valence-electron chi connectivity index (χ1n) is 6.98. The van der Waals surface area contributed by atoms with Crippen molar-refractivity contribution in [2.45, 2.75) is 38.9 Å². The minimum Gasteiger partial charge on any atom is -0.488 e. The molecule has 0 radical (unpaired) electrons. The monoisotopic (exact) mass is 270 g/mol. The topological polar surface area (TPSA) is 44.2 Å². The Kier molecular flexibility index (Phi) is 3.54. The van der Waals surface area contributed by atoms with E-state index in [0.717, 1.165) is 35.7 Å². The molecular formula is C16H18N2O2. The highest BCUT2D eigenvalue weighted by atomic mass is 16.5. The third kappa shape index (κ3) is 2.59. The van der Waals surface area contributed by atoms with E-state index >= 15 is 0 Å². The fraction of sp³-hybridized carbons (Fsp3) is 0.375. The van der Waals surface area contributed by atoms with Crippen LogP contribution in [0.15, 0.2) is 36.7 Å². The molecule has 3 rings (SSSR count). The summed E-state index contributed by atoms with van der Waals surface area (Å²) in [5, 5.41) is 0. The zero-order valence-electron chi connectivity index (χ0n) is 11.7. The normalized spacial score (nSPS) is 21.9. The number of fused-ring (bicyclic) bond motifs is 3. The van der Waals surface area contributed by atoms with Gasteiger partial charge < -0.3 is 9.47 Å². The van der Waals surface area contributed by atoms with Crippen molar-refractivity contribution in [2.75, 3.05) is 0 Å². The molecule has 2 atom stereocenters. The van der Waals surface area contributed by atoms with E-state index in [-0.39, 0.29) is 12.2 Å². The van der Waals surface area contributed by atoms with E-state index in [9.17, 15) is 0 Å². The van der Waals surface area contributed by atoms with E-state index in [0.29, 0.717) is 0 Å². The second kappa shape index (κ2) is 5.49. The van der Waals surface area contributed by atoms with Crippen molar-refractivity contribution < 1.29 is 9.47 Å². The molecule has 0 fully saturated rings. The molecule has 1 aliphatic heterocycles. The van der Waals surface area contributed by atoms with Gasteiger partial charge in [0.25, 0.3) is 0 Å². The molecule has 4 nitrogen and oxygen atoms in total. The van der Waals surface area contributed by atoms with Gasteiger partial charge in [0.2, 0.25) is 0 Å². The van der Waals surface area contributed by atoms with Crippen LogP contribution in [0.5, 0.6) is 11.5 Å². The van der Waals surface area contributed by atoms with Gasteiger partial charge in [-0.25, -0.2) is 0 Å². The van der Waals surface area contributed by atoms with Crippen LogP contribution in [-0.4, -0.2) is 22.2 Å². The van der Waals surface area contributed by atoms with Crippen LogP contribution in [0, 0.1) is 0 Å². The number of hydrogen-bond donors (Lipinski definition) is 0. The molecule has 0 unspecified atom stereocenters. The third-order valence-corrected chi connectivity index (χ3v) is 3.40. The standard InChI is InChI=1S/C16H18N2O2/c1-11-7-8-12(2)20-14-6-4-10-18-16(14)15-13(19-11)5-3-9-17-15/h3-6,9-12H,7-8H2,1-2H3/t11-,12-/m0/s1. The van der Waals surface area contributed by atoms with Gasteiger partial charge in [-0.3, -0.25) is 9.97 Å². The number of rotatable bonds is 0. The lowest BCUT2D eigenvalue weighted by Crippen LogP contribution is -2.20. The summed E-state index contributed by atoms with van der Waals surface area (Å²) >= 11 is 0. The van der Waals surface area contributed by atoms with Gasteiger partial charge >= 0.3 is 0 Å². The number of pyridine rings is 2. The van der Waals surface area contributed by atoms with Gasteiger partial charge in [-0.1, -0.05) is 0 Å². The number of aromatic nitrogens is 2. The maximum atomic E-state index is 6.02. The maximum absolute atomic E-state index is 6.02. The first-order valence-corrected chi connectivity index (χ1v) is 6.98. The lowest BCUT2D eigenvalue weighted by atomic mass is 10.1. The number of nitrogens with zero attached hydrogens (tertiary/aromatic N) is 2. The number of hydrogen-bond acceptors (Lipinski definition) is 4. The Morgan fingerprint density at radius 2 is 1.30 bits per heavy atom. The predicted octanol–water partition coefficient (Wildman–Crippen LogP) is 3.47. The van der Waals surface area contributed by atoms with Gasteiger partial charge in [0, 0.05) is 12.4 Å². The Bertz CT molecular complexity index is 547. The van der Waals surface area contributed by atoms with Crippen LogP contribution in [0.4, 0.5) is 0 Å². The van der Waals surface area contributed by atoms with Gasteiger partial charge in [-0.15, -0.1) is 0 Å². The van der Waals surface area contributed by atoms with Crippen molar-refractivity contribution in [2.24, 2.45) is 0 Å². The van der Waals surface area contributed by atoms with Crippen molar-refractivity contribution >= 4 is 0 Å². The van der Waals surface area contributed by atoms with Crippen LogP contribution in [0.25, 0.3) is 11.4 Å². The molecule has 0 amide bonds. The molecule has 0 spiro atoms. The van der Waals surface area contributed by atoms with Crippen LogP contribution in [0.2, 0.25) is 0 Å². The highest BCUT2D eigenvalue weighted by molar-refractivity contribution is 5.68. The minimum absolute atomic E-state index is 0.134. The van der Waals surface area contributed by atoms with Crippen LogP contribution < -0.4 is 9.47 Å². The Morgan fingerprint density at radius 3 is 1.75 bits per heavy atom. The van der Waals surface area contributed by atoms with E-state index in [4.69, 9.17) is 9.47 Å². The zero-order valence-corrected chi connectivity index (χ0v) is 11.7. The SMILES string of the molecule is C[C@H]1CC[C@H](C)Oc2cccnc2-c2ncccc2O1. The second-order valence-electron chi connectivity index (χ2n) is 5.13. The first kappa shape index (κ1) is 12.9. The maximum Gasteiger partial charge on any atom is 0.147 e. The largest absolute Gasteiger partial charge is 0.488 e. The molecular weight excluding hydrogens is 252 g/mol. The smallest absolute Gasteiger partial charge is 0.147 e. The van der Waals surface area contributed by atoms with Crippen molar-refractivity contribution in [3.63, 3.8) is 0 Å². The van der Waals surface area contributed by atoms with Crippen molar-refractivity contribution in [3.8, 4) is 22.9 Å². The molecule has 0 aromatic carbocycles. The predicted molar refractivity (Wildman–Crippen MR) is 76.9 cm³/mol. The van der Waals surface area contributed by atoms with E-state index < -0.39 is 0 Å². The Hall–Kier alpha value is -2.10. The Balaban J connectivity index is 2.13. The molecule has 1 aliphatic rings. The molecule has 2 aromatic rings. The zero-order chi connectivity index (χ0) is 13.9. The quantitative estimate of drug-likeness (QED) is 0.735. The van der Waals surface area contributed by atoms with Crippen molar-refractivity contribution in [3.05, 3.63) is 36.7 Å². The molecule has 0 aliphatic carbocycles. The van der Waals surface area contributed by atoms with Gasteiger partial charge in [-0.2, -0.15) is 0 Å². The van der Waals surface area contributed by atoms with Crippen molar-refractivity contribution in [1.82, 2.24) is 9.97 Å². The van der Waals surface area contributed by atoms with Crippen molar-refractivity contribution in [1.29, 1.82) is 0 Å². The third-order valence-electron chi connectivity index (χ3n) is 3.40. The summed E-state index contributed by atoms with van der Waals surface area (Å²) in [6, 6.07) is 7.62. The summed E-state index contributed by atoms with van der Waals surface area (Å²) in [5.74, 6) is 1.52. The van der Waals surface area contributed by atoms with E-state index in [2.05, 4.69) is 23.8 Å². The summed E-state index contributed by atoms with van der Waals surface area (Å²) in [4.78, 5) is 8.85. The highest BCUT2D eigenvalue weighted by Crippen LogP contribution is 2.35. The van der Waals surface area contributed by atoms with E-state index in [1.54, 1.807) is 12.4 Å². The van der Waals surface area contributed by atoms with Gasteiger partial charge in [-0.05, 0) is 51.0 Å². The average Bonchev–Trinajstić information content (AvgIpc) is 2.46. The van der Waals surface area contributed by atoms with E-state index in [1.807, 2.05) is 24.3 Å². The van der Waals surface area contributed by atoms with Crippen LogP contribution in [-0.2, 0) is 0 Å². The molecule has 3 heterocycles. The van der Waals surface area contributed by atoms with Gasteiger partial charge in [0.05, 0.1) is 12.2 Å². The van der Waals surface area contributed by atoms with E-state index in [1.165, 1.54) is 0 Å². The first-order chi connectivity index (χ1) is 9.74. The van der Waals surface area contributed by atoms with Crippen LogP contribution in [0.3, 0.4) is 0 Å². The Labute approximate surface area is 118 Å². The molecule has 2 aromatic heterocycles. The summed E-state index contributed by atoms with van der Waals surface area (Å²) in [6.07, 6.45) is 5.67. The highest BCUT2D eigenvalue weighted by Gasteiger charge is 2.20.